The van der Waals surface area contributed by atoms with Crippen LogP contribution in [0.3, 0.4) is 0 Å². The highest BCUT2D eigenvalue weighted by Gasteiger charge is 2.55. The van der Waals surface area contributed by atoms with E-state index < -0.39 is 11.2 Å². The van der Waals surface area contributed by atoms with Crippen LogP contribution in [-0.4, -0.2) is 58.9 Å². The molecule has 2 aromatic rings. The Morgan fingerprint density at radius 2 is 1.72 bits per heavy atom. The molecule has 1 unspecified atom stereocenters. The lowest BCUT2D eigenvalue weighted by molar-refractivity contribution is -0.127. The van der Waals surface area contributed by atoms with Crippen LogP contribution in [0.1, 0.15) is 63.6 Å². The number of aliphatic hydroxyl groups is 2. The molecule has 32 heavy (non-hydrogen) atoms. The van der Waals surface area contributed by atoms with E-state index in [1.165, 1.54) is 5.56 Å². The highest BCUT2D eigenvalue weighted by Crippen LogP contribution is 2.50. The SMILES string of the molecule is CC(C)c1ccc(C(O)(c2cncc(N3CC[C@H](C(C)(C)O)C3)c2)C2(C)CN(C)C2)cc1. The standard InChI is InChI=1S/C27H39N3O2/c1-19(2)20-7-9-21(10-8-20)27(32,26(5)17-29(6)18-26)23-13-24(15-28-14-23)30-12-11-22(16-30)25(3,4)31/h7-10,13-15,19,22,31-32H,11-12,16-18H2,1-6H3/t22-,27?/m0/s1. The van der Waals surface area contributed by atoms with Crippen molar-refractivity contribution in [2.75, 3.05) is 38.1 Å². The maximum atomic E-state index is 12.4. The Hall–Kier alpha value is -1.95. The molecule has 5 heteroatoms. The van der Waals surface area contributed by atoms with Crippen molar-refractivity contribution < 1.29 is 10.2 Å². The van der Waals surface area contributed by atoms with Gasteiger partial charge in [0.2, 0.25) is 0 Å². The Morgan fingerprint density at radius 3 is 2.25 bits per heavy atom. The first-order valence-electron chi connectivity index (χ1n) is 11.9. The predicted octanol–water partition coefficient (Wildman–Crippen LogP) is 3.99. The number of aromatic nitrogens is 1. The average Bonchev–Trinajstić information content (AvgIpc) is 3.23. The second-order valence-electron chi connectivity index (χ2n) is 11.2. The molecule has 4 rings (SSSR count). The lowest BCUT2D eigenvalue weighted by Gasteiger charge is -2.56. The highest BCUT2D eigenvalue weighted by atomic mass is 16.3. The van der Waals surface area contributed by atoms with Crippen molar-refractivity contribution in [2.45, 2.75) is 58.2 Å². The van der Waals surface area contributed by atoms with Gasteiger partial charge in [-0.2, -0.15) is 0 Å². The third-order valence-electron chi connectivity index (χ3n) is 7.80. The summed E-state index contributed by atoms with van der Waals surface area (Å²) in [5.74, 6) is 0.679. The topological polar surface area (TPSA) is 59.8 Å². The zero-order valence-electron chi connectivity index (χ0n) is 20.5. The second kappa shape index (κ2) is 8.12. The van der Waals surface area contributed by atoms with E-state index in [4.69, 9.17) is 0 Å². The number of anilines is 1. The molecule has 2 aliphatic heterocycles. The minimum absolute atomic E-state index is 0.228. The van der Waals surface area contributed by atoms with Gasteiger partial charge in [-0.3, -0.25) is 4.98 Å². The lowest BCUT2D eigenvalue weighted by Crippen LogP contribution is -2.63. The molecule has 0 saturated carbocycles. The largest absolute Gasteiger partial charge is 0.390 e. The molecule has 2 N–H and O–H groups in total. The van der Waals surface area contributed by atoms with Gasteiger partial charge in [-0.1, -0.05) is 45.0 Å². The van der Waals surface area contributed by atoms with Crippen LogP contribution < -0.4 is 4.90 Å². The number of likely N-dealkylation sites (tertiary alicyclic amines) is 1. The quantitative estimate of drug-likeness (QED) is 0.716. The van der Waals surface area contributed by atoms with Gasteiger partial charge in [0.05, 0.1) is 17.5 Å². The first-order valence-corrected chi connectivity index (χ1v) is 11.9. The van der Waals surface area contributed by atoms with E-state index in [0.29, 0.717) is 5.92 Å². The normalized spacial score (nSPS) is 23.3. The van der Waals surface area contributed by atoms with Crippen LogP contribution in [-0.2, 0) is 5.60 Å². The number of nitrogens with zero attached hydrogens (tertiary/aromatic N) is 3. The van der Waals surface area contributed by atoms with E-state index >= 15 is 0 Å². The molecular formula is C27H39N3O2. The molecule has 1 aromatic heterocycles. The van der Waals surface area contributed by atoms with E-state index in [-0.39, 0.29) is 11.3 Å². The molecule has 174 valence electrons. The number of benzene rings is 1. The monoisotopic (exact) mass is 437 g/mol. The average molecular weight is 438 g/mol. The molecule has 2 atom stereocenters. The van der Waals surface area contributed by atoms with Crippen LogP contribution in [0, 0.1) is 11.3 Å². The first-order chi connectivity index (χ1) is 14.9. The molecule has 0 radical (unpaired) electrons. The van der Waals surface area contributed by atoms with E-state index in [9.17, 15) is 10.2 Å². The smallest absolute Gasteiger partial charge is 0.124 e. The molecule has 0 aliphatic carbocycles. The van der Waals surface area contributed by atoms with Gasteiger partial charge in [-0.25, -0.2) is 0 Å². The van der Waals surface area contributed by atoms with Gasteiger partial charge in [0, 0.05) is 49.3 Å². The number of hydrogen-bond acceptors (Lipinski definition) is 5. The third kappa shape index (κ3) is 3.95. The zero-order valence-corrected chi connectivity index (χ0v) is 20.5. The minimum Gasteiger partial charge on any atom is -0.390 e. The van der Waals surface area contributed by atoms with E-state index in [2.05, 4.69) is 72.9 Å². The van der Waals surface area contributed by atoms with Crippen LogP contribution in [0.2, 0.25) is 0 Å². The zero-order chi connectivity index (χ0) is 23.3. The van der Waals surface area contributed by atoms with Crippen LogP contribution in [0.15, 0.2) is 42.7 Å². The summed E-state index contributed by atoms with van der Waals surface area (Å²) in [6.07, 6.45) is 4.66. The summed E-state index contributed by atoms with van der Waals surface area (Å²) in [5, 5.41) is 22.9. The summed E-state index contributed by atoms with van der Waals surface area (Å²) in [5.41, 5.74) is 1.93. The molecule has 5 nitrogen and oxygen atoms in total. The molecular weight excluding hydrogens is 398 g/mol. The molecule has 0 spiro atoms. The molecule has 0 amide bonds. The summed E-state index contributed by atoms with van der Waals surface area (Å²) in [6, 6.07) is 10.6. The van der Waals surface area contributed by atoms with E-state index in [1.807, 2.05) is 26.2 Å². The Labute approximate surface area is 193 Å². The van der Waals surface area contributed by atoms with Crippen molar-refractivity contribution in [3.8, 4) is 0 Å². The fraction of sp³-hybridized carbons (Fsp3) is 0.593. The molecule has 2 fully saturated rings. The van der Waals surface area contributed by atoms with Crippen molar-refractivity contribution in [3.05, 3.63) is 59.4 Å². The summed E-state index contributed by atoms with van der Waals surface area (Å²) < 4.78 is 0. The van der Waals surface area contributed by atoms with Gasteiger partial charge >= 0.3 is 0 Å². The van der Waals surface area contributed by atoms with Crippen molar-refractivity contribution in [2.24, 2.45) is 11.3 Å². The number of rotatable bonds is 6. The first kappa shape index (κ1) is 23.2. The minimum atomic E-state index is -1.13. The summed E-state index contributed by atoms with van der Waals surface area (Å²) in [6.45, 7) is 13.7. The van der Waals surface area contributed by atoms with Crippen molar-refractivity contribution in [3.63, 3.8) is 0 Å². The number of hydrogen-bond donors (Lipinski definition) is 2. The number of pyridine rings is 1. The van der Waals surface area contributed by atoms with E-state index in [0.717, 1.165) is 49.4 Å². The molecule has 3 heterocycles. The third-order valence-corrected chi connectivity index (χ3v) is 7.80. The molecule has 2 saturated heterocycles. The van der Waals surface area contributed by atoms with Gasteiger partial charge in [0.15, 0.2) is 0 Å². The molecule has 0 bridgehead atoms. The maximum absolute atomic E-state index is 12.4. The van der Waals surface area contributed by atoms with Gasteiger partial charge in [-0.05, 0) is 50.4 Å². The Bertz CT molecular complexity index is 944. The predicted molar refractivity (Wildman–Crippen MR) is 130 cm³/mol. The van der Waals surface area contributed by atoms with Gasteiger partial charge in [-0.15, -0.1) is 0 Å². The molecule has 1 aromatic carbocycles. The van der Waals surface area contributed by atoms with Crippen molar-refractivity contribution >= 4 is 5.69 Å². The van der Waals surface area contributed by atoms with Crippen LogP contribution in [0.25, 0.3) is 0 Å². The second-order valence-corrected chi connectivity index (χ2v) is 11.2. The Morgan fingerprint density at radius 1 is 1.06 bits per heavy atom. The van der Waals surface area contributed by atoms with Gasteiger partial charge < -0.3 is 20.0 Å². The fourth-order valence-electron chi connectivity index (χ4n) is 5.72. The summed E-state index contributed by atoms with van der Waals surface area (Å²) >= 11 is 0. The lowest BCUT2D eigenvalue weighted by atomic mass is 9.62. The van der Waals surface area contributed by atoms with Gasteiger partial charge in [0.1, 0.15) is 5.60 Å². The Kier molecular flexibility index (Phi) is 5.89. The van der Waals surface area contributed by atoms with E-state index in [1.54, 1.807) is 0 Å². The fourth-order valence-corrected chi connectivity index (χ4v) is 5.72. The highest BCUT2D eigenvalue weighted by molar-refractivity contribution is 5.51. The van der Waals surface area contributed by atoms with Crippen LogP contribution in [0.5, 0.6) is 0 Å². The summed E-state index contributed by atoms with van der Waals surface area (Å²) in [7, 11) is 2.10. The van der Waals surface area contributed by atoms with Crippen molar-refractivity contribution in [1.29, 1.82) is 0 Å². The maximum Gasteiger partial charge on any atom is 0.124 e. The Balaban J connectivity index is 1.72. The summed E-state index contributed by atoms with van der Waals surface area (Å²) in [4.78, 5) is 9.10. The molecule has 2 aliphatic rings. The van der Waals surface area contributed by atoms with Crippen LogP contribution in [0.4, 0.5) is 5.69 Å². The van der Waals surface area contributed by atoms with Crippen LogP contribution >= 0.6 is 0 Å². The van der Waals surface area contributed by atoms with Gasteiger partial charge in [0.25, 0.3) is 0 Å². The van der Waals surface area contributed by atoms with Crippen molar-refractivity contribution in [1.82, 2.24) is 9.88 Å².